The molecule has 1 aromatic carbocycles. The Hall–Kier alpha value is -2.17. The van der Waals surface area contributed by atoms with Gasteiger partial charge in [0.05, 0.1) is 6.54 Å². The van der Waals surface area contributed by atoms with E-state index in [9.17, 15) is 4.79 Å². The first-order valence-electron chi connectivity index (χ1n) is 9.49. The quantitative estimate of drug-likeness (QED) is 0.842. The summed E-state index contributed by atoms with van der Waals surface area (Å²) >= 11 is 0. The van der Waals surface area contributed by atoms with Crippen molar-refractivity contribution in [3.05, 3.63) is 48.0 Å². The van der Waals surface area contributed by atoms with E-state index in [1.165, 1.54) is 12.0 Å². The fourth-order valence-corrected chi connectivity index (χ4v) is 3.88. The van der Waals surface area contributed by atoms with Crippen molar-refractivity contribution in [1.29, 1.82) is 0 Å². The molecular formula is C20H26N4O. The highest BCUT2D eigenvalue weighted by atomic mass is 16.2. The molecule has 2 aliphatic rings. The minimum Gasteiger partial charge on any atom is -0.342 e. The number of rotatable bonds is 5. The number of amides is 1. The lowest BCUT2D eigenvalue weighted by molar-refractivity contribution is -0.139. The van der Waals surface area contributed by atoms with Gasteiger partial charge in [-0.05, 0) is 37.2 Å². The van der Waals surface area contributed by atoms with E-state index in [0.29, 0.717) is 17.7 Å². The van der Waals surface area contributed by atoms with Gasteiger partial charge in [-0.15, -0.1) is 10.2 Å². The van der Waals surface area contributed by atoms with Gasteiger partial charge in [-0.2, -0.15) is 0 Å². The normalized spacial score (nSPS) is 19.0. The Bertz CT molecular complexity index is 699. The number of benzene rings is 1. The van der Waals surface area contributed by atoms with Crippen LogP contribution in [0.3, 0.4) is 0 Å². The monoisotopic (exact) mass is 338 g/mol. The predicted octanol–water partition coefficient (Wildman–Crippen LogP) is 2.91. The van der Waals surface area contributed by atoms with Crippen LogP contribution in [0, 0.1) is 11.8 Å². The van der Waals surface area contributed by atoms with Crippen LogP contribution in [0.25, 0.3) is 0 Å². The van der Waals surface area contributed by atoms with Gasteiger partial charge < -0.3 is 9.47 Å². The van der Waals surface area contributed by atoms with Crippen molar-refractivity contribution in [2.24, 2.45) is 11.8 Å². The van der Waals surface area contributed by atoms with Gasteiger partial charge >= 0.3 is 0 Å². The van der Waals surface area contributed by atoms with Crippen LogP contribution in [0.4, 0.5) is 0 Å². The van der Waals surface area contributed by atoms with E-state index in [1.807, 2.05) is 12.4 Å². The molecule has 1 saturated heterocycles. The third-order valence-corrected chi connectivity index (χ3v) is 5.74. The van der Waals surface area contributed by atoms with E-state index in [4.69, 9.17) is 0 Å². The van der Waals surface area contributed by atoms with E-state index in [-0.39, 0.29) is 0 Å². The summed E-state index contributed by atoms with van der Waals surface area (Å²) in [6.07, 6.45) is 8.37. The van der Waals surface area contributed by atoms with E-state index in [0.717, 1.165) is 57.6 Å². The highest BCUT2D eigenvalue weighted by Gasteiger charge is 2.31. The fraction of sp³-hybridized carbons (Fsp3) is 0.550. The van der Waals surface area contributed by atoms with Crippen LogP contribution >= 0.6 is 0 Å². The SMILES string of the molecule is O=C(C1CCC1)N1CCC(Cc2nncn2Cc2ccccc2)CC1. The summed E-state index contributed by atoms with van der Waals surface area (Å²) in [4.78, 5) is 14.5. The zero-order chi connectivity index (χ0) is 17.1. The Morgan fingerprint density at radius 1 is 1.08 bits per heavy atom. The summed E-state index contributed by atoms with van der Waals surface area (Å²) in [5, 5.41) is 8.46. The minimum atomic E-state index is 0.325. The van der Waals surface area contributed by atoms with Crippen LogP contribution in [0.2, 0.25) is 0 Å². The molecule has 5 nitrogen and oxygen atoms in total. The lowest BCUT2D eigenvalue weighted by atomic mass is 9.83. The van der Waals surface area contributed by atoms with Gasteiger partial charge in [0, 0.05) is 25.4 Å². The molecule has 2 aromatic rings. The van der Waals surface area contributed by atoms with Gasteiger partial charge in [0.2, 0.25) is 5.91 Å². The molecule has 1 amide bonds. The largest absolute Gasteiger partial charge is 0.342 e. The first-order valence-corrected chi connectivity index (χ1v) is 9.49. The zero-order valence-corrected chi connectivity index (χ0v) is 14.7. The Morgan fingerprint density at radius 2 is 1.84 bits per heavy atom. The topological polar surface area (TPSA) is 51.0 Å². The second-order valence-electron chi connectivity index (χ2n) is 7.46. The van der Waals surface area contributed by atoms with Crippen molar-refractivity contribution in [3.63, 3.8) is 0 Å². The molecule has 132 valence electrons. The summed E-state index contributed by atoms with van der Waals surface area (Å²) < 4.78 is 2.15. The van der Waals surface area contributed by atoms with Gasteiger partial charge in [0.15, 0.2) is 0 Å². The maximum atomic E-state index is 12.4. The van der Waals surface area contributed by atoms with Crippen LogP contribution in [0.5, 0.6) is 0 Å². The summed E-state index contributed by atoms with van der Waals surface area (Å²) in [7, 11) is 0. The van der Waals surface area contributed by atoms with Crippen LogP contribution in [0.1, 0.15) is 43.5 Å². The Labute approximate surface area is 149 Å². The second-order valence-corrected chi connectivity index (χ2v) is 7.46. The summed E-state index contributed by atoms with van der Waals surface area (Å²) in [6, 6.07) is 10.4. The maximum Gasteiger partial charge on any atom is 0.225 e. The van der Waals surface area contributed by atoms with E-state index in [2.05, 4.69) is 43.9 Å². The van der Waals surface area contributed by atoms with Crippen LogP contribution in [0.15, 0.2) is 36.7 Å². The van der Waals surface area contributed by atoms with Crippen molar-refractivity contribution < 1.29 is 4.79 Å². The predicted molar refractivity (Wildman–Crippen MR) is 95.9 cm³/mol. The molecule has 1 aromatic heterocycles. The number of piperidine rings is 1. The molecule has 5 heteroatoms. The van der Waals surface area contributed by atoms with Crippen molar-refractivity contribution >= 4 is 5.91 Å². The molecule has 0 bridgehead atoms. The number of hydrogen-bond acceptors (Lipinski definition) is 3. The zero-order valence-electron chi connectivity index (χ0n) is 14.7. The standard InChI is InChI=1S/C20H26N4O/c25-20(18-7-4-8-18)23-11-9-16(10-12-23)13-19-22-21-15-24(19)14-17-5-2-1-3-6-17/h1-3,5-6,15-16,18H,4,7-14H2. The van der Waals surface area contributed by atoms with Crippen molar-refractivity contribution in [1.82, 2.24) is 19.7 Å². The molecule has 0 unspecified atom stereocenters. The first-order chi connectivity index (χ1) is 12.3. The van der Waals surface area contributed by atoms with Gasteiger partial charge in [0.25, 0.3) is 0 Å². The maximum absolute atomic E-state index is 12.4. The third-order valence-electron chi connectivity index (χ3n) is 5.74. The van der Waals surface area contributed by atoms with Crippen LogP contribution in [-0.4, -0.2) is 38.7 Å². The molecule has 1 aliphatic carbocycles. The Balaban J connectivity index is 1.32. The van der Waals surface area contributed by atoms with Crippen LogP contribution in [-0.2, 0) is 17.8 Å². The number of nitrogens with zero attached hydrogens (tertiary/aromatic N) is 4. The average molecular weight is 338 g/mol. The lowest BCUT2D eigenvalue weighted by Gasteiger charge is -2.36. The van der Waals surface area contributed by atoms with Crippen molar-refractivity contribution in [3.8, 4) is 0 Å². The second kappa shape index (κ2) is 7.38. The molecular weight excluding hydrogens is 312 g/mol. The molecule has 0 N–H and O–H groups in total. The summed E-state index contributed by atoms with van der Waals surface area (Å²) in [5.74, 6) is 2.39. The van der Waals surface area contributed by atoms with Crippen molar-refractivity contribution in [2.45, 2.75) is 45.1 Å². The summed E-state index contributed by atoms with van der Waals surface area (Å²) in [5.41, 5.74) is 1.27. The fourth-order valence-electron chi connectivity index (χ4n) is 3.88. The number of carbonyl (C=O) groups excluding carboxylic acids is 1. The molecule has 0 atom stereocenters. The first kappa shape index (κ1) is 16.3. The summed E-state index contributed by atoms with van der Waals surface area (Å²) in [6.45, 7) is 2.64. The minimum absolute atomic E-state index is 0.325. The van der Waals surface area contributed by atoms with Gasteiger partial charge in [-0.25, -0.2) is 0 Å². The lowest BCUT2D eigenvalue weighted by Crippen LogP contribution is -2.43. The van der Waals surface area contributed by atoms with Gasteiger partial charge in [-0.1, -0.05) is 36.8 Å². The van der Waals surface area contributed by atoms with E-state index >= 15 is 0 Å². The highest BCUT2D eigenvalue weighted by Crippen LogP contribution is 2.30. The van der Waals surface area contributed by atoms with Crippen LogP contribution < -0.4 is 0 Å². The number of likely N-dealkylation sites (tertiary alicyclic amines) is 1. The van der Waals surface area contributed by atoms with Crippen molar-refractivity contribution in [2.75, 3.05) is 13.1 Å². The number of carbonyl (C=O) groups is 1. The molecule has 2 heterocycles. The van der Waals surface area contributed by atoms with Gasteiger partial charge in [0.1, 0.15) is 12.2 Å². The Morgan fingerprint density at radius 3 is 2.52 bits per heavy atom. The molecule has 1 aliphatic heterocycles. The third kappa shape index (κ3) is 3.75. The van der Waals surface area contributed by atoms with Gasteiger partial charge in [-0.3, -0.25) is 4.79 Å². The smallest absolute Gasteiger partial charge is 0.225 e. The molecule has 1 saturated carbocycles. The van der Waals surface area contributed by atoms with E-state index in [1.54, 1.807) is 0 Å². The molecule has 0 radical (unpaired) electrons. The molecule has 25 heavy (non-hydrogen) atoms. The molecule has 0 spiro atoms. The average Bonchev–Trinajstić information content (AvgIpc) is 3.02. The Kier molecular flexibility index (Phi) is 4.81. The number of hydrogen-bond donors (Lipinski definition) is 0. The molecule has 4 rings (SSSR count). The highest BCUT2D eigenvalue weighted by molar-refractivity contribution is 5.79. The number of aromatic nitrogens is 3. The van der Waals surface area contributed by atoms with E-state index < -0.39 is 0 Å². The molecule has 2 fully saturated rings.